The van der Waals surface area contributed by atoms with Crippen molar-refractivity contribution >= 4 is 5.91 Å². The lowest BCUT2D eigenvalue weighted by Crippen LogP contribution is -2.53. The largest absolute Gasteiger partial charge is 0.488 e. The molecule has 2 fully saturated rings. The number of carbonyl (C=O) groups is 1. The van der Waals surface area contributed by atoms with Gasteiger partial charge in [-0.1, -0.05) is 30.3 Å². The summed E-state index contributed by atoms with van der Waals surface area (Å²) in [5.41, 5.74) is 2.33. The number of amides is 1. The highest BCUT2D eigenvalue weighted by Crippen LogP contribution is 2.25. The summed E-state index contributed by atoms with van der Waals surface area (Å²) in [4.78, 5) is 16.7. The fourth-order valence-electron chi connectivity index (χ4n) is 4.00. The van der Waals surface area contributed by atoms with Gasteiger partial charge in [0.1, 0.15) is 17.6 Å². The van der Waals surface area contributed by atoms with Crippen molar-refractivity contribution in [3.05, 3.63) is 59.7 Å². The van der Waals surface area contributed by atoms with Gasteiger partial charge in [-0.2, -0.15) is 0 Å². The number of likely N-dealkylation sites (tertiary alicyclic amines) is 2. The number of para-hydroxylation sites is 1. The van der Waals surface area contributed by atoms with Crippen molar-refractivity contribution in [1.82, 2.24) is 9.80 Å². The number of rotatable bonds is 7. The molecule has 0 unspecified atom stereocenters. The molecule has 154 valence electrons. The molecule has 2 aliphatic rings. The van der Waals surface area contributed by atoms with E-state index in [0.29, 0.717) is 0 Å². The van der Waals surface area contributed by atoms with E-state index in [0.717, 1.165) is 62.6 Å². The monoisotopic (exact) mass is 394 g/mol. The fourth-order valence-corrected chi connectivity index (χ4v) is 4.00. The third-order valence-electron chi connectivity index (χ3n) is 5.64. The van der Waals surface area contributed by atoms with Gasteiger partial charge >= 0.3 is 0 Å². The van der Waals surface area contributed by atoms with Gasteiger partial charge in [-0.3, -0.25) is 9.69 Å². The minimum atomic E-state index is 0.0927. The molecule has 0 bridgehead atoms. The second-order valence-electron chi connectivity index (χ2n) is 8.09. The lowest BCUT2D eigenvalue weighted by atomic mass is 10.1. The van der Waals surface area contributed by atoms with Gasteiger partial charge in [0.05, 0.1) is 0 Å². The quantitative estimate of drug-likeness (QED) is 0.719. The Bertz CT molecular complexity index is 826. The molecule has 0 N–H and O–H groups in total. The van der Waals surface area contributed by atoms with E-state index in [-0.39, 0.29) is 18.6 Å². The summed E-state index contributed by atoms with van der Waals surface area (Å²) in [6.07, 6.45) is 3.65. The number of nitrogens with zero attached hydrogens (tertiary/aromatic N) is 2. The maximum absolute atomic E-state index is 12.4. The number of hydrogen-bond donors (Lipinski definition) is 0. The maximum Gasteiger partial charge on any atom is 0.260 e. The number of piperidine rings is 1. The average molecular weight is 395 g/mol. The average Bonchev–Trinajstić information content (AvgIpc) is 2.72. The molecule has 0 aromatic heterocycles. The molecular weight excluding hydrogens is 364 g/mol. The third-order valence-corrected chi connectivity index (χ3v) is 5.64. The summed E-state index contributed by atoms with van der Waals surface area (Å²) in [7, 11) is 0. The molecule has 2 aliphatic heterocycles. The predicted molar refractivity (Wildman–Crippen MR) is 113 cm³/mol. The van der Waals surface area contributed by atoms with Gasteiger partial charge in [-0.05, 0) is 49.9 Å². The van der Waals surface area contributed by atoms with E-state index in [1.807, 2.05) is 35.2 Å². The molecule has 0 saturated carbocycles. The van der Waals surface area contributed by atoms with Gasteiger partial charge in [-0.25, -0.2) is 0 Å². The first-order valence-electron chi connectivity index (χ1n) is 10.6. The van der Waals surface area contributed by atoms with Crippen molar-refractivity contribution in [2.24, 2.45) is 0 Å². The predicted octanol–water partition coefficient (Wildman–Crippen LogP) is 3.65. The molecule has 0 spiro atoms. The fraction of sp³-hybridized carbons (Fsp3) is 0.458. The molecule has 5 heteroatoms. The zero-order chi connectivity index (χ0) is 20.1. The molecular formula is C24H30N2O3. The number of ether oxygens (including phenoxy) is 2. The number of carbonyl (C=O) groups excluding carboxylic acids is 1. The normalized spacial score (nSPS) is 17.6. The molecule has 29 heavy (non-hydrogen) atoms. The van der Waals surface area contributed by atoms with Gasteiger partial charge in [0, 0.05) is 38.3 Å². The Morgan fingerprint density at radius 1 is 1.03 bits per heavy atom. The van der Waals surface area contributed by atoms with Crippen molar-refractivity contribution in [2.75, 3.05) is 32.8 Å². The van der Waals surface area contributed by atoms with Crippen LogP contribution in [-0.4, -0.2) is 54.6 Å². The molecule has 4 rings (SSSR count). The molecule has 0 aliphatic carbocycles. The van der Waals surface area contributed by atoms with Crippen LogP contribution in [0.2, 0.25) is 0 Å². The van der Waals surface area contributed by atoms with Gasteiger partial charge in [0.2, 0.25) is 0 Å². The molecule has 2 aromatic carbocycles. The van der Waals surface area contributed by atoms with Crippen LogP contribution in [0.4, 0.5) is 0 Å². The highest BCUT2D eigenvalue weighted by atomic mass is 16.5. The van der Waals surface area contributed by atoms with E-state index in [9.17, 15) is 4.79 Å². The van der Waals surface area contributed by atoms with Crippen molar-refractivity contribution in [3.8, 4) is 11.5 Å². The van der Waals surface area contributed by atoms with Crippen LogP contribution in [0.15, 0.2) is 48.5 Å². The van der Waals surface area contributed by atoms with Crippen LogP contribution in [0.25, 0.3) is 0 Å². The number of aryl methyl sites for hydroxylation is 1. The maximum atomic E-state index is 12.4. The second kappa shape index (κ2) is 9.31. The van der Waals surface area contributed by atoms with E-state index in [4.69, 9.17) is 9.47 Å². The Morgan fingerprint density at radius 2 is 1.83 bits per heavy atom. The highest BCUT2D eigenvalue weighted by Gasteiger charge is 2.29. The minimum Gasteiger partial charge on any atom is -0.488 e. The van der Waals surface area contributed by atoms with Crippen molar-refractivity contribution in [2.45, 2.75) is 38.8 Å². The molecule has 2 aromatic rings. The topological polar surface area (TPSA) is 42.0 Å². The van der Waals surface area contributed by atoms with Crippen LogP contribution in [-0.2, 0) is 11.3 Å². The Labute approximate surface area is 173 Å². The lowest BCUT2D eigenvalue weighted by Gasteiger charge is -2.39. The molecule has 0 atom stereocenters. The number of benzene rings is 2. The van der Waals surface area contributed by atoms with E-state index >= 15 is 0 Å². The van der Waals surface area contributed by atoms with E-state index < -0.39 is 0 Å². The molecule has 2 saturated heterocycles. The molecule has 5 nitrogen and oxygen atoms in total. The lowest BCUT2D eigenvalue weighted by molar-refractivity contribution is -0.134. The van der Waals surface area contributed by atoms with Crippen LogP contribution in [0.5, 0.6) is 11.5 Å². The highest BCUT2D eigenvalue weighted by molar-refractivity contribution is 5.77. The van der Waals surface area contributed by atoms with Crippen LogP contribution in [0.1, 0.15) is 30.4 Å². The third kappa shape index (κ3) is 5.30. The second-order valence-corrected chi connectivity index (χ2v) is 8.09. The first kappa shape index (κ1) is 19.8. The van der Waals surface area contributed by atoms with Crippen molar-refractivity contribution in [3.63, 3.8) is 0 Å². The Hall–Kier alpha value is -2.53. The van der Waals surface area contributed by atoms with E-state index in [1.54, 1.807) is 0 Å². The summed E-state index contributed by atoms with van der Waals surface area (Å²) in [5.74, 6) is 1.84. The van der Waals surface area contributed by atoms with Gasteiger partial charge in [-0.15, -0.1) is 0 Å². The Morgan fingerprint density at radius 3 is 2.62 bits per heavy atom. The van der Waals surface area contributed by atoms with Crippen LogP contribution in [0, 0.1) is 6.92 Å². The Balaban J connectivity index is 1.26. The first-order chi connectivity index (χ1) is 14.2. The molecule has 1 amide bonds. The zero-order valence-electron chi connectivity index (χ0n) is 17.2. The van der Waals surface area contributed by atoms with Gasteiger partial charge in [0.25, 0.3) is 5.91 Å². The summed E-state index contributed by atoms with van der Waals surface area (Å²) in [5, 5.41) is 0. The van der Waals surface area contributed by atoms with Crippen molar-refractivity contribution < 1.29 is 14.3 Å². The van der Waals surface area contributed by atoms with Crippen LogP contribution < -0.4 is 9.47 Å². The summed E-state index contributed by atoms with van der Waals surface area (Å²) in [6, 6.07) is 16.2. The van der Waals surface area contributed by atoms with Crippen molar-refractivity contribution in [1.29, 1.82) is 0 Å². The van der Waals surface area contributed by atoms with E-state index in [2.05, 4.69) is 30.0 Å². The zero-order valence-corrected chi connectivity index (χ0v) is 17.2. The summed E-state index contributed by atoms with van der Waals surface area (Å²) < 4.78 is 12.0. The van der Waals surface area contributed by atoms with Gasteiger partial charge < -0.3 is 14.4 Å². The molecule has 2 heterocycles. The SMILES string of the molecule is Cc1cccc(OC2CN(Cc3ccccc3OCC(=O)N3CCCCC3)C2)c1. The van der Waals surface area contributed by atoms with Crippen LogP contribution in [0.3, 0.4) is 0 Å². The number of hydrogen-bond acceptors (Lipinski definition) is 4. The first-order valence-corrected chi connectivity index (χ1v) is 10.6. The standard InChI is InChI=1S/C24H30N2O3/c1-19-8-7-10-21(14-19)29-22-16-25(17-22)15-20-9-3-4-11-23(20)28-18-24(27)26-12-5-2-6-13-26/h3-4,7-11,14,22H,2,5-6,12-13,15-18H2,1H3. The minimum absolute atomic E-state index is 0.0927. The summed E-state index contributed by atoms with van der Waals surface area (Å²) >= 11 is 0. The Kier molecular flexibility index (Phi) is 6.35. The van der Waals surface area contributed by atoms with E-state index in [1.165, 1.54) is 12.0 Å². The van der Waals surface area contributed by atoms with Gasteiger partial charge in [0.15, 0.2) is 6.61 Å². The summed E-state index contributed by atoms with van der Waals surface area (Å²) in [6.45, 7) is 6.52. The smallest absolute Gasteiger partial charge is 0.260 e. The van der Waals surface area contributed by atoms with Crippen LogP contribution >= 0.6 is 0 Å². The molecule has 0 radical (unpaired) electrons.